The monoisotopic (exact) mass is 626 g/mol. The Bertz CT molecular complexity index is 1170. The lowest BCUT2D eigenvalue weighted by molar-refractivity contribution is -0.169. The van der Waals surface area contributed by atoms with E-state index < -0.39 is 45.8 Å². The molecule has 2 atom stereocenters. The highest BCUT2D eigenvalue weighted by atomic mass is 16.6. The number of nitrogens with zero attached hydrogens (tertiary/aromatic N) is 1. The van der Waals surface area contributed by atoms with Gasteiger partial charge >= 0.3 is 17.9 Å². The van der Waals surface area contributed by atoms with Gasteiger partial charge in [-0.1, -0.05) is 6.92 Å². The van der Waals surface area contributed by atoms with Gasteiger partial charge < -0.3 is 40.3 Å². The summed E-state index contributed by atoms with van der Waals surface area (Å²) in [5.41, 5.74) is 8.32. The predicted molar refractivity (Wildman–Crippen MR) is 158 cm³/mol. The van der Waals surface area contributed by atoms with Gasteiger partial charge in [0.15, 0.2) is 5.96 Å². The van der Waals surface area contributed by atoms with Crippen LogP contribution in [0.15, 0.2) is 23.2 Å². The topological polar surface area (TPSA) is 231 Å². The predicted octanol–water partition coefficient (Wildman–Crippen LogP) is 1.67. The minimum atomic E-state index is -1.33. The van der Waals surface area contributed by atoms with Crippen molar-refractivity contribution in [2.75, 3.05) is 46.7 Å². The number of nitrogens with one attached hydrogen (secondary N) is 1. The molecular formula is C29H46N4O11. The van der Waals surface area contributed by atoms with Crippen molar-refractivity contribution < 1.29 is 53.2 Å². The number of aromatic hydroxyl groups is 1. The Morgan fingerprint density at radius 1 is 0.864 bits per heavy atom. The molecule has 0 spiro atoms. The summed E-state index contributed by atoms with van der Waals surface area (Å²) in [5, 5.41) is 18.7. The van der Waals surface area contributed by atoms with E-state index in [1.807, 2.05) is 0 Å². The van der Waals surface area contributed by atoms with Crippen molar-refractivity contribution in [1.82, 2.24) is 5.48 Å². The average Bonchev–Trinajstić information content (AvgIpc) is 2.96. The van der Waals surface area contributed by atoms with Crippen LogP contribution in [0.2, 0.25) is 0 Å². The third-order valence-corrected chi connectivity index (χ3v) is 6.97. The number of carbonyl (C=O) groups excluding carboxylic acids is 4. The first kappa shape index (κ1) is 37.9. The van der Waals surface area contributed by atoms with Crippen molar-refractivity contribution in [2.24, 2.45) is 32.7 Å². The number of nitrogens with two attached hydrogens (primary N) is 2. The average molecular weight is 627 g/mol. The number of hydrogen-bond donors (Lipinski definition) is 5. The summed E-state index contributed by atoms with van der Waals surface area (Å²) in [6.45, 7) is 8.28. The van der Waals surface area contributed by atoms with Gasteiger partial charge in [0.1, 0.15) is 37.9 Å². The van der Waals surface area contributed by atoms with E-state index in [4.69, 9.17) is 40.4 Å². The normalized spacial score (nSPS) is 13.9. The van der Waals surface area contributed by atoms with Crippen LogP contribution in [0, 0.1) is 16.2 Å². The third kappa shape index (κ3) is 11.5. The van der Waals surface area contributed by atoms with Gasteiger partial charge in [0.05, 0.1) is 35.0 Å². The summed E-state index contributed by atoms with van der Waals surface area (Å²) in [7, 11) is 1.48. The largest absolute Gasteiger partial charge is 0.507 e. The molecule has 1 amide bonds. The Morgan fingerprint density at radius 3 is 2.02 bits per heavy atom. The minimum absolute atomic E-state index is 0.0110. The Morgan fingerprint density at radius 2 is 1.45 bits per heavy atom. The Kier molecular flexibility index (Phi) is 14.9. The highest BCUT2D eigenvalue weighted by Gasteiger charge is 2.49. The van der Waals surface area contributed by atoms with Crippen molar-refractivity contribution in [1.29, 1.82) is 0 Å². The minimum Gasteiger partial charge on any atom is -0.507 e. The van der Waals surface area contributed by atoms with Crippen molar-refractivity contribution >= 4 is 29.8 Å². The van der Waals surface area contributed by atoms with Gasteiger partial charge in [0, 0.05) is 13.2 Å². The number of hydrogen-bond acceptors (Lipinski definition) is 12. The van der Waals surface area contributed by atoms with Crippen molar-refractivity contribution in [3.8, 4) is 11.5 Å². The molecule has 0 saturated heterocycles. The SMILES string of the molecule is CCC(C)(CC(C)(CC(C)(C)C(=O)OCCOc1ccc(C(=O)NO)c(O)c1)C(=O)OCCN=C(N)N)C(=O)OCCOC. The van der Waals surface area contributed by atoms with Crippen molar-refractivity contribution in [3.05, 3.63) is 23.8 Å². The maximum Gasteiger partial charge on any atom is 0.311 e. The lowest BCUT2D eigenvalue weighted by atomic mass is 9.65. The van der Waals surface area contributed by atoms with Gasteiger partial charge in [-0.05, 0) is 59.1 Å². The lowest BCUT2D eigenvalue weighted by Gasteiger charge is -2.39. The van der Waals surface area contributed by atoms with Crippen molar-refractivity contribution in [2.45, 2.75) is 53.9 Å². The summed E-state index contributed by atoms with van der Waals surface area (Å²) in [4.78, 5) is 55.0. The van der Waals surface area contributed by atoms with Gasteiger partial charge in [-0.15, -0.1) is 0 Å². The second kappa shape index (κ2) is 17.3. The number of hydroxylamine groups is 1. The molecular weight excluding hydrogens is 580 g/mol. The zero-order valence-electron chi connectivity index (χ0n) is 26.3. The number of aliphatic imine (C=N–C) groups is 1. The molecule has 44 heavy (non-hydrogen) atoms. The molecule has 15 heteroatoms. The number of methoxy groups -OCH3 is 1. The second-order valence-electron chi connectivity index (χ2n) is 11.4. The first-order chi connectivity index (χ1) is 20.5. The number of phenols is 1. The number of benzene rings is 1. The van der Waals surface area contributed by atoms with Crippen molar-refractivity contribution in [3.63, 3.8) is 0 Å². The summed E-state index contributed by atoms with van der Waals surface area (Å²) >= 11 is 0. The molecule has 0 bridgehead atoms. The highest BCUT2D eigenvalue weighted by Crippen LogP contribution is 2.45. The molecule has 0 aliphatic carbocycles. The summed E-state index contributed by atoms with van der Waals surface area (Å²) in [6, 6.07) is 3.82. The van der Waals surface area contributed by atoms with Crippen LogP contribution in [0.4, 0.5) is 0 Å². The van der Waals surface area contributed by atoms with E-state index in [1.54, 1.807) is 34.6 Å². The number of phenolic OH excluding ortho intramolecular Hbond substituents is 1. The van der Waals surface area contributed by atoms with E-state index in [9.17, 15) is 24.3 Å². The molecule has 7 N–H and O–H groups in total. The fourth-order valence-electron chi connectivity index (χ4n) is 4.68. The van der Waals surface area contributed by atoms with Gasteiger partial charge in [-0.25, -0.2) is 5.48 Å². The van der Waals surface area contributed by atoms with Crippen LogP contribution < -0.4 is 21.7 Å². The van der Waals surface area contributed by atoms with Gasteiger partial charge in [-0.2, -0.15) is 0 Å². The standard InChI is InChI=1S/C29H46N4O11/c1-7-28(4,24(37)44-13-12-40-6)18-29(5,25(38)42-11-10-32-26(30)31)17-27(2,3)23(36)43-15-14-41-19-8-9-20(21(34)16-19)22(35)33-39/h8-9,16,34,39H,7,10-15,17-18H2,1-6H3,(H,33,35)(H4,30,31,32). The summed E-state index contributed by atoms with van der Waals surface area (Å²) in [5.74, 6) is -3.05. The molecule has 1 aromatic carbocycles. The van der Waals surface area contributed by atoms with Crippen LogP contribution in [-0.4, -0.2) is 86.8 Å². The molecule has 1 rings (SSSR count). The maximum absolute atomic E-state index is 13.5. The summed E-state index contributed by atoms with van der Waals surface area (Å²) < 4.78 is 26.7. The second-order valence-corrected chi connectivity index (χ2v) is 11.4. The van der Waals surface area contributed by atoms with Gasteiger partial charge in [0.25, 0.3) is 5.91 Å². The Balaban J connectivity index is 3.02. The number of carbonyl (C=O) groups is 4. The smallest absolute Gasteiger partial charge is 0.311 e. The Labute approximate surface area is 257 Å². The number of ether oxygens (including phenoxy) is 5. The van der Waals surface area contributed by atoms with Crippen LogP contribution in [0.3, 0.4) is 0 Å². The molecule has 0 aliphatic heterocycles. The molecule has 0 aromatic heterocycles. The molecule has 0 radical (unpaired) electrons. The highest BCUT2D eigenvalue weighted by molar-refractivity contribution is 5.96. The third-order valence-electron chi connectivity index (χ3n) is 6.97. The molecule has 15 nitrogen and oxygen atoms in total. The van der Waals surface area contributed by atoms with E-state index in [0.717, 1.165) is 0 Å². The van der Waals surface area contributed by atoms with Crippen LogP contribution in [0.1, 0.15) is 64.2 Å². The molecule has 0 aliphatic rings. The molecule has 2 unspecified atom stereocenters. The van der Waals surface area contributed by atoms with E-state index in [1.165, 1.54) is 30.8 Å². The first-order valence-electron chi connectivity index (χ1n) is 14.0. The van der Waals surface area contributed by atoms with E-state index in [0.29, 0.717) is 6.42 Å². The number of guanidine groups is 1. The quantitative estimate of drug-likeness (QED) is 0.0280. The first-order valence-corrected chi connectivity index (χ1v) is 14.0. The van der Waals surface area contributed by atoms with Gasteiger partial charge in [0.2, 0.25) is 0 Å². The molecule has 0 fully saturated rings. The number of rotatable bonds is 19. The molecule has 0 heterocycles. The van der Waals surface area contributed by atoms with Crippen LogP contribution in [0.25, 0.3) is 0 Å². The van der Waals surface area contributed by atoms with Crippen LogP contribution in [-0.2, 0) is 33.3 Å². The molecule has 0 saturated carbocycles. The van der Waals surface area contributed by atoms with Crippen LogP contribution >= 0.6 is 0 Å². The van der Waals surface area contributed by atoms with E-state index >= 15 is 0 Å². The zero-order chi connectivity index (χ0) is 33.6. The van der Waals surface area contributed by atoms with E-state index in [-0.39, 0.29) is 69.7 Å². The molecule has 248 valence electrons. The van der Waals surface area contributed by atoms with E-state index in [2.05, 4.69) is 4.99 Å². The number of esters is 3. The Hall–Kier alpha value is -4.11. The fraction of sp³-hybridized carbons (Fsp3) is 0.621. The maximum atomic E-state index is 13.5. The zero-order valence-corrected chi connectivity index (χ0v) is 26.3. The molecule has 1 aromatic rings. The summed E-state index contributed by atoms with van der Waals surface area (Å²) in [6.07, 6.45) is 0.320. The van der Waals surface area contributed by atoms with Gasteiger partial charge in [-0.3, -0.25) is 29.4 Å². The fourth-order valence-corrected chi connectivity index (χ4v) is 4.68. The van der Waals surface area contributed by atoms with Crippen LogP contribution in [0.5, 0.6) is 11.5 Å². The number of amides is 1. The lowest BCUT2D eigenvalue weighted by Crippen LogP contribution is -2.44.